The minimum atomic E-state index is -1.18. The third kappa shape index (κ3) is 3.62. The average Bonchev–Trinajstić information content (AvgIpc) is 2.49. The van der Waals surface area contributed by atoms with Gasteiger partial charge in [0.15, 0.2) is 11.6 Å². The molecule has 5 nitrogen and oxygen atoms in total. The highest BCUT2D eigenvalue weighted by molar-refractivity contribution is 5.92. The Kier molecular flexibility index (Phi) is 4.77. The Labute approximate surface area is 126 Å². The van der Waals surface area contributed by atoms with Crippen LogP contribution in [0.25, 0.3) is 0 Å². The van der Waals surface area contributed by atoms with Crippen molar-refractivity contribution in [2.75, 3.05) is 0 Å². The Bertz CT molecular complexity index is 677. The van der Waals surface area contributed by atoms with E-state index in [1.54, 1.807) is 13.8 Å². The molecule has 0 saturated carbocycles. The first-order chi connectivity index (χ1) is 10.4. The van der Waals surface area contributed by atoms with E-state index in [9.17, 15) is 18.7 Å². The first-order valence-corrected chi connectivity index (χ1v) is 6.61. The summed E-state index contributed by atoms with van der Waals surface area (Å²) in [6.45, 7) is 3.29. The minimum Gasteiger partial charge on any atom is -0.386 e. The third-order valence-corrected chi connectivity index (χ3v) is 3.13. The summed E-state index contributed by atoms with van der Waals surface area (Å²) in [6.07, 6.45) is 1.59. The fraction of sp³-hybridized carbons (Fsp3) is 0.267. The normalized spacial score (nSPS) is 13.5. The maximum atomic E-state index is 13.2. The summed E-state index contributed by atoms with van der Waals surface area (Å²) in [5, 5.41) is 12.6. The quantitative estimate of drug-likeness (QED) is 0.905. The number of aromatic nitrogens is 2. The van der Waals surface area contributed by atoms with Crippen LogP contribution in [0.5, 0.6) is 0 Å². The summed E-state index contributed by atoms with van der Waals surface area (Å²) in [5.74, 6) is -2.57. The van der Waals surface area contributed by atoms with Gasteiger partial charge in [-0.2, -0.15) is 0 Å². The van der Waals surface area contributed by atoms with Crippen molar-refractivity contribution >= 4 is 5.91 Å². The fourth-order valence-electron chi connectivity index (χ4n) is 1.85. The molecule has 1 heterocycles. The van der Waals surface area contributed by atoms with Gasteiger partial charge in [0.25, 0.3) is 5.91 Å². The largest absolute Gasteiger partial charge is 0.386 e. The van der Waals surface area contributed by atoms with E-state index in [2.05, 4.69) is 15.3 Å². The van der Waals surface area contributed by atoms with E-state index in [1.165, 1.54) is 18.5 Å². The number of benzene rings is 1. The van der Waals surface area contributed by atoms with Crippen LogP contribution >= 0.6 is 0 Å². The second kappa shape index (κ2) is 6.57. The van der Waals surface area contributed by atoms with Crippen LogP contribution in [0, 0.1) is 18.6 Å². The molecule has 2 N–H and O–H groups in total. The maximum Gasteiger partial charge on any atom is 0.271 e. The van der Waals surface area contributed by atoms with E-state index >= 15 is 0 Å². The van der Waals surface area contributed by atoms with Crippen molar-refractivity contribution < 1.29 is 18.7 Å². The van der Waals surface area contributed by atoms with Crippen LogP contribution in [0.3, 0.4) is 0 Å². The number of rotatable bonds is 4. The second-order valence-electron chi connectivity index (χ2n) is 4.92. The summed E-state index contributed by atoms with van der Waals surface area (Å²) >= 11 is 0. The van der Waals surface area contributed by atoms with Crippen molar-refractivity contribution in [3.63, 3.8) is 0 Å². The van der Waals surface area contributed by atoms with Crippen LogP contribution in [0.4, 0.5) is 8.78 Å². The molecule has 1 aromatic heterocycles. The Balaban J connectivity index is 2.07. The van der Waals surface area contributed by atoms with E-state index in [0.29, 0.717) is 5.69 Å². The van der Waals surface area contributed by atoms with Gasteiger partial charge in [-0.15, -0.1) is 0 Å². The molecule has 2 unspecified atom stereocenters. The lowest BCUT2D eigenvalue weighted by atomic mass is 10.0. The number of halogens is 2. The maximum absolute atomic E-state index is 13.2. The number of hydrogen-bond donors (Lipinski definition) is 2. The molecule has 0 aliphatic carbocycles. The van der Waals surface area contributed by atoms with Gasteiger partial charge >= 0.3 is 0 Å². The van der Waals surface area contributed by atoms with Gasteiger partial charge in [-0.3, -0.25) is 9.78 Å². The molecule has 0 fully saturated rings. The van der Waals surface area contributed by atoms with Gasteiger partial charge < -0.3 is 10.4 Å². The molecule has 0 bridgehead atoms. The van der Waals surface area contributed by atoms with E-state index in [-0.39, 0.29) is 11.3 Å². The molecule has 0 spiro atoms. The molecule has 2 atom stereocenters. The van der Waals surface area contributed by atoms with Crippen LogP contribution in [0.15, 0.2) is 30.6 Å². The second-order valence-corrected chi connectivity index (χ2v) is 4.92. The van der Waals surface area contributed by atoms with Crippen LogP contribution < -0.4 is 5.32 Å². The van der Waals surface area contributed by atoms with Crippen LogP contribution in [0.2, 0.25) is 0 Å². The lowest BCUT2D eigenvalue weighted by Gasteiger charge is -2.20. The monoisotopic (exact) mass is 307 g/mol. The standard InChI is InChI=1S/C15H15F2N3O2/c1-8-6-19-13(7-18-8)15(22)20-9(2)14(21)10-3-4-11(16)12(17)5-10/h3-7,9,14,21H,1-2H3,(H,20,22). The van der Waals surface area contributed by atoms with Gasteiger partial charge in [-0.05, 0) is 31.5 Å². The highest BCUT2D eigenvalue weighted by Crippen LogP contribution is 2.19. The van der Waals surface area contributed by atoms with Crippen LogP contribution in [-0.4, -0.2) is 27.0 Å². The fourth-order valence-corrected chi connectivity index (χ4v) is 1.85. The molecule has 1 amide bonds. The highest BCUT2D eigenvalue weighted by Gasteiger charge is 2.21. The van der Waals surface area contributed by atoms with Gasteiger partial charge in [0.05, 0.1) is 24.0 Å². The van der Waals surface area contributed by atoms with Crippen molar-refractivity contribution in [1.82, 2.24) is 15.3 Å². The molecule has 1 aromatic carbocycles. The molecular weight excluding hydrogens is 292 g/mol. The molecule has 0 aliphatic heterocycles. The summed E-state index contributed by atoms with van der Waals surface area (Å²) in [5.41, 5.74) is 0.947. The number of nitrogens with zero attached hydrogens (tertiary/aromatic N) is 2. The molecule has 7 heteroatoms. The Morgan fingerprint density at radius 2 is 1.95 bits per heavy atom. The van der Waals surface area contributed by atoms with Crippen molar-refractivity contribution in [2.45, 2.75) is 26.0 Å². The van der Waals surface area contributed by atoms with Crippen LogP contribution in [0.1, 0.15) is 34.8 Å². The number of carbonyl (C=O) groups excluding carboxylic acids is 1. The molecule has 0 radical (unpaired) electrons. The van der Waals surface area contributed by atoms with E-state index in [1.807, 2.05) is 0 Å². The van der Waals surface area contributed by atoms with E-state index in [0.717, 1.165) is 12.1 Å². The molecule has 2 rings (SSSR count). The van der Waals surface area contributed by atoms with Crippen molar-refractivity contribution in [1.29, 1.82) is 0 Å². The SMILES string of the molecule is Cc1cnc(C(=O)NC(C)C(O)c2ccc(F)c(F)c2)cn1. The predicted molar refractivity (Wildman–Crippen MR) is 75.0 cm³/mol. The molecule has 0 saturated heterocycles. The van der Waals surface area contributed by atoms with Crippen molar-refractivity contribution in [2.24, 2.45) is 0 Å². The summed E-state index contributed by atoms with van der Waals surface area (Å²) in [7, 11) is 0. The van der Waals surface area contributed by atoms with Gasteiger partial charge in [0, 0.05) is 6.20 Å². The Morgan fingerprint density at radius 3 is 2.55 bits per heavy atom. The molecule has 116 valence electrons. The van der Waals surface area contributed by atoms with E-state index < -0.39 is 29.7 Å². The minimum absolute atomic E-state index is 0.106. The zero-order valence-corrected chi connectivity index (χ0v) is 12.0. The topological polar surface area (TPSA) is 75.1 Å². The number of aryl methyl sites for hydroxylation is 1. The van der Waals surface area contributed by atoms with Crippen molar-refractivity contribution in [3.05, 3.63) is 59.2 Å². The number of aliphatic hydroxyl groups is 1. The first-order valence-electron chi connectivity index (χ1n) is 6.61. The van der Waals surface area contributed by atoms with Gasteiger partial charge in [0.2, 0.25) is 0 Å². The zero-order valence-electron chi connectivity index (χ0n) is 12.0. The number of carbonyl (C=O) groups is 1. The van der Waals surface area contributed by atoms with Gasteiger partial charge in [0.1, 0.15) is 5.69 Å². The average molecular weight is 307 g/mol. The Hall–Kier alpha value is -2.41. The van der Waals surface area contributed by atoms with E-state index in [4.69, 9.17) is 0 Å². The number of aliphatic hydroxyl groups excluding tert-OH is 1. The number of nitrogens with one attached hydrogen (secondary N) is 1. The summed E-state index contributed by atoms with van der Waals surface area (Å²) in [4.78, 5) is 19.8. The van der Waals surface area contributed by atoms with Gasteiger partial charge in [-0.25, -0.2) is 13.8 Å². The third-order valence-electron chi connectivity index (χ3n) is 3.13. The van der Waals surface area contributed by atoms with Crippen LogP contribution in [-0.2, 0) is 0 Å². The zero-order chi connectivity index (χ0) is 16.3. The smallest absolute Gasteiger partial charge is 0.271 e. The molecule has 2 aromatic rings. The Morgan fingerprint density at radius 1 is 1.23 bits per heavy atom. The lowest BCUT2D eigenvalue weighted by molar-refractivity contribution is 0.0846. The number of hydrogen-bond acceptors (Lipinski definition) is 4. The highest BCUT2D eigenvalue weighted by atomic mass is 19.2. The molecule has 22 heavy (non-hydrogen) atoms. The van der Waals surface area contributed by atoms with Gasteiger partial charge in [-0.1, -0.05) is 6.07 Å². The summed E-state index contributed by atoms with van der Waals surface area (Å²) < 4.78 is 26.1. The molecule has 0 aliphatic rings. The van der Waals surface area contributed by atoms with Crippen molar-refractivity contribution in [3.8, 4) is 0 Å². The molecular formula is C15H15F2N3O2. The first kappa shape index (κ1) is 16.0. The lowest BCUT2D eigenvalue weighted by Crippen LogP contribution is -2.37. The predicted octanol–water partition coefficient (Wildman–Crippen LogP) is 1.92. The summed E-state index contributed by atoms with van der Waals surface area (Å²) in [6, 6.07) is 2.36. The number of amides is 1.